The predicted molar refractivity (Wildman–Crippen MR) is 67.5 cm³/mol. The molecule has 0 amide bonds. The lowest BCUT2D eigenvalue weighted by Crippen LogP contribution is -2.49. The third-order valence-corrected chi connectivity index (χ3v) is 3.00. The number of benzene rings is 1. The van der Waals surface area contributed by atoms with Gasteiger partial charge in [0.2, 0.25) is 0 Å². The Labute approximate surface area is 102 Å². The third kappa shape index (κ3) is 2.77. The highest BCUT2D eigenvalue weighted by Gasteiger charge is 2.16. The number of anilines is 1. The van der Waals surface area contributed by atoms with Gasteiger partial charge < -0.3 is 15.0 Å². The molecule has 1 fully saturated rings. The van der Waals surface area contributed by atoms with Crippen molar-refractivity contribution < 1.29 is 9.53 Å². The molecule has 2 rings (SSSR count). The monoisotopic (exact) mass is 234 g/mol. The number of carbonyl (C=O) groups is 1. The van der Waals surface area contributed by atoms with Crippen LogP contribution >= 0.6 is 0 Å². The van der Waals surface area contributed by atoms with Gasteiger partial charge in [-0.05, 0) is 25.1 Å². The van der Waals surface area contributed by atoms with Gasteiger partial charge in [-0.1, -0.05) is 6.07 Å². The van der Waals surface area contributed by atoms with Gasteiger partial charge >= 0.3 is 5.97 Å². The van der Waals surface area contributed by atoms with Crippen molar-refractivity contribution in [2.24, 2.45) is 0 Å². The number of piperazine rings is 1. The number of ether oxygens (including phenoxy) is 1. The smallest absolute Gasteiger partial charge is 0.337 e. The van der Waals surface area contributed by atoms with E-state index in [0.29, 0.717) is 11.6 Å². The molecule has 1 aromatic carbocycles. The highest BCUT2D eigenvalue weighted by Crippen LogP contribution is 2.18. The number of esters is 1. The molecule has 1 aromatic rings. The predicted octanol–water partition coefficient (Wildman–Crippen LogP) is 1.27. The van der Waals surface area contributed by atoms with Crippen LogP contribution in [0.1, 0.15) is 17.3 Å². The first-order valence-corrected chi connectivity index (χ1v) is 5.87. The van der Waals surface area contributed by atoms with Crippen LogP contribution in [0, 0.1) is 0 Å². The molecule has 1 atom stereocenters. The average Bonchev–Trinajstić information content (AvgIpc) is 2.38. The highest BCUT2D eigenvalue weighted by molar-refractivity contribution is 5.90. The van der Waals surface area contributed by atoms with Crippen molar-refractivity contribution in [2.75, 3.05) is 31.6 Å². The lowest BCUT2D eigenvalue weighted by molar-refractivity contribution is 0.0601. The molecule has 0 unspecified atom stereocenters. The zero-order chi connectivity index (χ0) is 12.3. The zero-order valence-corrected chi connectivity index (χ0v) is 10.3. The molecule has 1 N–H and O–H groups in total. The standard InChI is InChI=1S/C13H18N2O2/c1-10-9-15(7-6-14-10)12-5-3-4-11(8-12)13(16)17-2/h3-5,8,10,14H,6-7,9H2,1-2H3/t10-/m0/s1. The van der Waals surface area contributed by atoms with Gasteiger partial charge in [0.05, 0.1) is 12.7 Å². The fraction of sp³-hybridized carbons (Fsp3) is 0.462. The Balaban J connectivity index is 2.17. The Morgan fingerprint density at radius 2 is 2.35 bits per heavy atom. The first-order valence-electron chi connectivity index (χ1n) is 5.87. The second kappa shape index (κ2) is 5.19. The van der Waals surface area contributed by atoms with E-state index < -0.39 is 0 Å². The molecule has 17 heavy (non-hydrogen) atoms. The molecule has 1 aliphatic heterocycles. The Morgan fingerprint density at radius 1 is 1.53 bits per heavy atom. The van der Waals surface area contributed by atoms with Crippen molar-refractivity contribution in [1.29, 1.82) is 0 Å². The summed E-state index contributed by atoms with van der Waals surface area (Å²) in [5.41, 5.74) is 1.69. The number of hydrogen-bond donors (Lipinski definition) is 1. The van der Waals surface area contributed by atoms with Crippen LogP contribution in [-0.2, 0) is 4.74 Å². The summed E-state index contributed by atoms with van der Waals surface area (Å²) in [6.07, 6.45) is 0. The number of nitrogens with one attached hydrogen (secondary N) is 1. The van der Waals surface area contributed by atoms with Crippen LogP contribution in [0.2, 0.25) is 0 Å². The lowest BCUT2D eigenvalue weighted by atomic mass is 10.1. The van der Waals surface area contributed by atoms with E-state index >= 15 is 0 Å². The molecule has 0 radical (unpaired) electrons. The van der Waals surface area contributed by atoms with Crippen LogP contribution in [0.15, 0.2) is 24.3 Å². The van der Waals surface area contributed by atoms with Gasteiger partial charge in [-0.25, -0.2) is 4.79 Å². The van der Waals surface area contributed by atoms with E-state index in [1.54, 1.807) is 6.07 Å². The summed E-state index contributed by atoms with van der Waals surface area (Å²) in [5.74, 6) is -0.282. The minimum Gasteiger partial charge on any atom is -0.465 e. The largest absolute Gasteiger partial charge is 0.465 e. The Kier molecular flexibility index (Phi) is 3.64. The molecule has 4 heteroatoms. The van der Waals surface area contributed by atoms with Crippen molar-refractivity contribution >= 4 is 11.7 Å². The minimum atomic E-state index is -0.282. The first-order chi connectivity index (χ1) is 8.20. The summed E-state index contributed by atoms with van der Waals surface area (Å²) >= 11 is 0. The van der Waals surface area contributed by atoms with Crippen LogP contribution in [-0.4, -0.2) is 38.8 Å². The van der Waals surface area contributed by atoms with Gasteiger partial charge in [0, 0.05) is 31.4 Å². The quantitative estimate of drug-likeness (QED) is 0.782. The van der Waals surface area contributed by atoms with E-state index in [2.05, 4.69) is 17.1 Å². The van der Waals surface area contributed by atoms with Gasteiger partial charge in [-0.15, -0.1) is 0 Å². The van der Waals surface area contributed by atoms with Gasteiger partial charge in [-0.3, -0.25) is 0 Å². The van der Waals surface area contributed by atoms with E-state index in [9.17, 15) is 4.79 Å². The third-order valence-electron chi connectivity index (χ3n) is 3.00. The summed E-state index contributed by atoms with van der Waals surface area (Å²) in [7, 11) is 1.40. The summed E-state index contributed by atoms with van der Waals surface area (Å²) in [5, 5.41) is 3.40. The molecular formula is C13H18N2O2. The molecule has 0 saturated carbocycles. The first kappa shape index (κ1) is 11.9. The fourth-order valence-electron chi connectivity index (χ4n) is 2.11. The van der Waals surface area contributed by atoms with Crippen LogP contribution < -0.4 is 10.2 Å². The number of methoxy groups -OCH3 is 1. The molecule has 0 aliphatic carbocycles. The van der Waals surface area contributed by atoms with Crippen molar-refractivity contribution in [2.45, 2.75) is 13.0 Å². The normalized spacial score (nSPS) is 20.1. The van der Waals surface area contributed by atoms with Gasteiger partial charge in [0.25, 0.3) is 0 Å². The van der Waals surface area contributed by atoms with E-state index in [1.165, 1.54) is 7.11 Å². The molecule has 0 bridgehead atoms. The number of nitrogens with zero attached hydrogens (tertiary/aromatic N) is 1. The van der Waals surface area contributed by atoms with Crippen molar-refractivity contribution in [3.8, 4) is 0 Å². The van der Waals surface area contributed by atoms with E-state index in [4.69, 9.17) is 4.74 Å². The van der Waals surface area contributed by atoms with E-state index in [-0.39, 0.29) is 5.97 Å². The van der Waals surface area contributed by atoms with E-state index in [1.807, 2.05) is 18.2 Å². The average molecular weight is 234 g/mol. The maximum Gasteiger partial charge on any atom is 0.337 e. The maximum absolute atomic E-state index is 11.5. The molecule has 0 spiro atoms. The summed E-state index contributed by atoms with van der Waals surface area (Å²) in [6, 6.07) is 8.08. The Bertz CT molecular complexity index is 406. The van der Waals surface area contributed by atoms with Gasteiger partial charge in [0.1, 0.15) is 0 Å². The van der Waals surface area contributed by atoms with Crippen molar-refractivity contribution in [1.82, 2.24) is 5.32 Å². The van der Waals surface area contributed by atoms with Crippen LogP contribution in [0.5, 0.6) is 0 Å². The maximum atomic E-state index is 11.5. The highest BCUT2D eigenvalue weighted by atomic mass is 16.5. The number of hydrogen-bond acceptors (Lipinski definition) is 4. The summed E-state index contributed by atoms with van der Waals surface area (Å²) in [6.45, 7) is 5.07. The molecule has 1 heterocycles. The number of rotatable bonds is 2. The molecule has 92 valence electrons. The van der Waals surface area contributed by atoms with E-state index in [0.717, 1.165) is 25.3 Å². The SMILES string of the molecule is COC(=O)c1cccc(N2CCN[C@@H](C)C2)c1. The topological polar surface area (TPSA) is 41.6 Å². The molecule has 1 saturated heterocycles. The van der Waals surface area contributed by atoms with Crippen LogP contribution in [0.3, 0.4) is 0 Å². The van der Waals surface area contributed by atoms with Crippen LogP contribution in [0.4, 0.5) is 5.69 Å². The second-order valence-electron chi connectivity index (χ2n) is 4.34. The Morgan fingerprint density at radius 3 is 3.06 bits per heavy atom. The summed E-state index contributed by atoms with van der Waals surface area (Å²) in [4.78, 5) is 13.7. The Hall–Kier alpha value is -1.55. The molecule has 4 nitrogen and oxygen atoms in total. The van der Waals surface area contributed by atoms with Crippen molar-refractivity contribution in [3.63, 3.8) is 0 Å². The van der Waals surface area contributed by atoms with Crippen molar-refractivity contribution in [3.05, 3.63) is 29.8 Å². The summed E-state index contributed by atoms with van der Waals surface area (Å²) < 4.78 is 4.73. The minimum absolute atomic E-state index is 0.282. The fourth-order valence-corrected chi connectivity index (χ4v) is 2.11. The molecule has 0 aromatic heterocycles. The molecular weight excluding hydrogens is 216 g/mol. The zero-order valence-electron chi connectivity index (χ0n) is 10.3. The van der Waals surface area contributed by atoms with Gasteiger partial charge in [-0.2, -0.15) is 0 Å². The number of carbonyl (C=O) groups excluding carboxylic acids is 1. The van der Waals surface area contributed by atoms with Crippen LogP contribution in [0.25, 0.3) is 0 Å². The molecule has 1 aliphatic rings. The lowest BCUT2D eigenvalue weighted by Gasteiger charge is -2.33. The van der Waals surface area contributed by atoms with Gasteiger partial charge in [0.15, 0.2) is 0 Å². The second-order valence-corrected chi connectivity index (χ2v) is 4.34.